The van der Waals surface area contributed by atoms with E-state index in [2.05, 4.69) is 5.32 Å². The molecule has 0 unspecified atom stereocenters. The number of amides is 1. The van der Waals surface area contributed by atoms with Gasteiger partial charge in [0.15, 0.2) is 0 Å². The van der Waals surface area contributed by atoms with Crippen LogP contribution in [0.25, 0.3) is 0 Å². The van der Waals surface area contributed by atoms with Crippen molar-refractivity contribution in [3.8, 4) is 0 Å². The minimum absolute atomic E-state index is 0.0557. The molecule has 0 spiro atoms. The fraction of sp³-hybridized carbons (Fsp3) is 0.562. The molecule has 4 nitrogen and oxygen atoms in total. The Labute approximate surface area is 128 Å². The van der Waals surface area contributed by atoms with Crippen LogP contribution >= 0.6 is 0 Å². The predicted molar refractivity (Wildman–Crippen MR) is 84.5 cm³/mol. The van der Waals surface area contributed by atoms with E-state index < -0.39 is 10.8 Å². The number of hydrogen-bond donors (Lipinski definition) is 1. The topological polar surface area (TPSA) is 55.4 Å². The Kier molecular flexibility index (Phi) is 6.39. The summed E-state index contributed by atoms with van der Waals surface area (Å²) in [6, 6.07) is 9.75. The van der Waals surface area contributed by atoms with E-state index in [9.17, 15) is 9.00 Å². The molecule has 1 saturated heterocycles. The second-order valence-corrected chi connectivity index (χ2v) is 6.89. The highest BCUT2D eigenvalue weighted by atomic mass is 32.2. The third kappa shape index (κ3) is 4.93. The zero-order valence-electron chi connectivity index (χ0n) is 12.4. The van der Waals surface area contributed by atoms with Crippen molar-refractivity contribution in [3.63, 3.8) is 0 Å². The number of rotatable bonds is 7. The van der Waals surface area contributed by atoms with Gasteiger partial charge in [-0.15, -0.1) is 0 Å². The molecule has 0 aliphatic carbocycles. The summed E-state index contributed by atoms with van der Waals surface area (Å²) >= 11 is 0. The van der Waals surface area contributed by atoms with Crippen LogP contribution in [0, 0.1) is 0 Å². The maximum Gasteiger partial charge on any atom is 0.232 e. The molecule has 0 bridgehead atoms. The van der Waals surface area contributed by atoms with Gasteiger partial charge in [-0.1, -0.05) is 37.3 Å². The lowest BCUT2D eigenvalue weighted by Gasteiger charge is -2.16. The van der Waals surface area contributed by atoms with Crippen molar-refractivity contribution in [1.82, 2.24) is 5.32 Å². The molecule has 2 rings (SSSR count). The molecular formula is C16H23NO3S. The van der Waals surface area contributed by atoms with Crippen molar-refractivity contribution in [2.24, 2.45) is 0 Å². The van der Waals surface area contributed by atoms with Crippen LogP contribution in [0.3, 0.4) is 0 Å². The van der Waals surface area contributed by atoms with Crippen LogP contribution in [0.5, 0.6) is 0 Å². The molecule has 0 saturated carbocycles. The van der Waals surface area contributed by atoms with Crippen LogP contribution in [0.2, 0.25) is 0 Å². The zero-order valence-corrected chi connectivity index (χ0v) is 13.2. The summed E-state index contributed by atoms with van der Waals surface area (Å²) in [5, 5.41) is 2.75. The maximum atomic E-state index is 12.4. The Morgan fingerprint density at radius 2 is 2.19 bits per heavy atom. The lowest BCUT2D eigenvalue weighted by atomic mass is 10.1. The second-order valence-electron chi connectivity index (χ2n) is 5.27. The van der Waals surface area contributed by atoms with Gasteiger partial charge in [0.05, 0.1) is 11.4 Å². The molecule has 0 radical (unpaired) electrons. The van der Waals surface area contributed by atoms with Crippen molar-refractivity contribution in [3.05, 3.63) is 35.9 Å². The largest absolute Gasteiger partial charge is 0.376 e. The second kappa shape index (κ2) is 8.29. The molecule has 1 aromatic rings. The van der Waals surface area contributed by atoms with E-state index in [1.54, 1.807) is 0 Å². The molecule has 0 aromatic heterocycles. The van der Waals surface area contributed by atoms with Crippen molar-refractivity contribution >= 4 is 16.7 Å². The lowest BCUT2D eigenvalue weighted by Crippen LogP contribution is -2.35. The van der Waals surface area contributed by atoms with Gasteiger partial charge >= 0.3 is 0 Å². The van der Waals surface area contributed by atoms with Crippen LogP contribution < -0.4 is 5.32 Å². The van der Waals surface area contributed by atoms with Gasteiger partial charge in [0.25, 0.3) is 0 Å². The van der Waals surface area contributed by atoms with E-state index in [0.29, 0.717) is 6.54 Å². The molecule has 1 fully saturated rings. The van der Waals surface area contributed by atoms with Gasteiger partial charge in [-0.25, -0.2) is 0 Å². The predicted octanol–water partition coefficient (Wildman–Crippen LogP) is 2.18. The summed E-state index contributed by atoms with van der Waals surface area (Å²) in [5.74, 6) is -0.0988. The molecule has 1 N–H and O–H groups in total. The van der Waals surface area contributed by atoms with E-state index in [-0.39, 0.29) is 23.0 Å². The maximum absolute atomic E-state index is 12.4. The highest BCUT2D eigenvalue weighted by Crippen LogP contribution is 2.23. The van der Waals surface area contributed by atoms with Crippen molar-refractivity contribution in [2.75, 3.05) is 18.9 Å². The normalized spacial score (nSPS) is 20.9. The molecule has 1 amide bonds. The van der Waals surface area contributed by atoms with Gasteiger partial charge in [0, 0.05) is 24.0 Å². The first kappa shape index (κ1) is 16.2. The fourth-order valence-electron chi connectivity index (χ4n) is 2.55. The summed E-state index contributed by atoms with van der Waals surface area (Å²) in [7, 11) is -1.19. The molecular weight excluding hydrogens is 286 g/mol. The average Bonchev–Trinajstić information content (AvgIpc) is 3.00. The molecule has 1 aliphatic rings. The Balaban J connectivity index is 1.82. The monoisotopic (exact) mass is 309 g/mol. The quantitative estimate of drug-likeness (QED) is 0.840. The summed E-state index contributed by atoms with van der Waals surface area (Å²) in [5.41, 5.74) is 1.03. The summed E-state index contributed by atoms with van der Waals surface area (Å²) < 4.78 is 17.9. The number of carbonyl (C=O) groups is 1. The first-order valence-corrected chi connectivity index (χ1v) is 8.89. The lowest BCUT2D eigenvalue weighted by molar-refractivity contribution is -0.119. The molecule has 5 heteroatoms. The Hall–Kier alpha value is -1.20. The van der Waals surface area contributed by atoms with E-state index in [4.69, 9.17) is 4.74 Å². The van der Waals surface area contributed by atoms with Gasteiger partial charge in [-0.2, -0.15) is 0 Å². The smallest absolute Gasteiger partial charge is 0.232 e. The van der Waals surface area contributed by atoms with Gasteiger partial charge < -0.3 is 10.1 Å². The molecule has 116 valence electrons. The highest BCUT2D eigenvalue weighted by molar-refractivity contribution is 7.86. The zero-order chi connectivity index (χ0) is 15.1. The molecule has 1 aliphatic heterocycles. The number of benzene rings is 1. The Morgan fingerprint density at radius 1 is 1.43 bits per heavy atom. The van der Waals surface area contributed by atoms with Crippen molar-refractivity contribution in [2.45, 2.75) is 37.5 Å². The SMILES string of the molecule is CC[C@H](c1ccccc1)[S@@](=O)CC(=O)NC[C@H]1CCCO1. The van der Waals surface area contributed by atoms with Crippen LogP contribution in [-0.2, 0) is 20.3 Å². The Bertz CT molecular complexity index is 472. The first-order valence-electron chi connectivity index (χ1n) is 7.51. The highest BCUT2D eigenvalue weighted by Gasteiger charge is 2.21. The third-order valence-corrected chi connectivity index (χ3v) is 5.47. The minimum atomic E-state index is -1.19. The molecule has 1 heterocycles. The van der Waals surface area contributed by atoms with E-state index in [1.165, 1.54) is 0 Å². The van der Waals surface area contributed by atoms with Gasteiger partial charge in [-0.05, 0) is 24.8 Å². The van der Waals surface area contributed by atoms with Gasteiger partial charge in [-0.3, -0.25) is 9.00 Å². The van der Waals surface area contributed by atoms with Gasteiger partial charge in [0.2, 0.25) is 5.91 Å². The summed E-state index contributed by atoms with van der Waals surface area (Å²) in [4.78, 5) is 11.9. The van der Waals surface area contributed by atoms with E-state index in [1.807, 2.05) is 37.3 Å². The van der Waals surface area contributed by atoms with Crippen LogP contribution in [0.15, 0.2) is 30.3 Å². The number of ether oxygens (including phenoxy) is 1. The van der Waals surface area contributed by atoms with E-state index >= 15 is 0 Å². The summed E-state index contributed by atoms with van der Waals surface area (Å²) in [6.45, 7) is 3.30. The van der Waals surface area contributed by atoms with Gasteiger partial charge in [0.1, 0.15) is 5.75 Å². The number of nitrogens with one attached hydrogen (secondary N) is 1. The Morgan fingerprint density at radius 3 is 2.81 bits per heavy atom. The molecule has 3 atom stereocenters. The number of hydrogen-bond acceptors (Lipinski definition) is 3. The van der Waals surface area contributed by atoms with Crippen LogP contribution in [0.1, 0.15) is 37.0 Å². The fourth-order valence-corrected chi connectivity index (χ4v) is 3.95. The van der Waals surface area contributed by atoms with Crippen LogP contribution in [-0.4, -0.2) is 35.1 Å². The van der Waals surface area contributed by atoms with E-state index in [0.717, 1.165) is 31.4 Å². The third-order valence-electron chi connectivity index (χ3n) is 3.68. The summed E-state index contributed by atoms with van der Waals surface area (Å²) in [6.07, 6.45) is 2.93. The molecule has 1 aromatic carbocycles. The molecule has 21 heavy (non-hydrogen) atoms. The first-order chi connectivity index (χ1) is 10.2. The standard InChI is InChI=1S/C16H23NO3S/c1-2-15(13-7-4-3-5-8-13)21(19)12-16(18)17-11-14-9-6-10-20-14/h3-5,7-8,14-15H,2,6,9-12H2,1H3,(H,17,18)/t14-,15-,21+/m1/s1. The minimum Gasteiger partial charge on any atom is -0.376 e. The van der Waals surface area contributed by atoms with Crippen molar-refractivity contribution in [1.29, 1.82) is 0 Å². The number of carbonyl (C=O) groups excluding carboxylic acids is 1. The average molecular weight is 309 g/mol. The van der Waals surface area contributed by atoms with Crippen molar-refractivity contribution < 1.29 is 13.7 Å². The van der Waals surface area contributed by atoms with Crippen LogP contribution in [0.4, 0.5) is 0 Å².